The number of piperidine rings is 1. The molecule has 1 aromatic carbocycles. The average Bonchev–Trinajstić information content (AvgIpc) is 3.20. The van der Waals surface area contributed by atoms with E-state index in [-0.39, 0.29) is 11.7 Å². The summed E-state index contributed by atoms with van der Waals surface area (Å²) in [6.45, 7) is 0.848. The van der Waals surface area contributed by atoms with Gasteiger partial charge in [-0.2, -0.15) is 0 Å². The zero-order valence-electron chi connectivity index (χ0n) is 14.8. The lowest BCUT2D eigenvalue weighted by atomic mass is 9.71. The summed E-state index contributed by atoms with van der Waals surface area (Å²) in [5, 5.41) is 13.0. The molecule has 5 heteroatoms. The predicted octanol–water partition coefficient (Wildman–Crippen LogP) is 3.43. The zero-order valence-corrected chi connectivity index (χ0v) is 15.6. The number of aromatic nitrogens is 1. The number of benzene rings is 1. The number of likely N-dealkylation sites (N-methyl/N-ethyl adjacent to an activating group) is 1. The lowest BCUT2D eigenvalue weighted by Crippen LogP contribution is -2.50. The van der Waals surface area contributed by atoms with Crippen molar-refractivity contribution in [1.29, 1.82) is 0 Å². The van der Waals surface area contributed by atoms with Crippen LogP contribution in [0, 0.1) is 5.92 Å². The fraction of sp³-hybridized carbons (Fsp3) is 0.476. The molecule has 0 bridgehead atoms. The van der Waals surface area contributed by atoms with E-state index in [0.29, 0.717) is 24.8 Å². The highest BCUT2D eigenvalue weighted by molar-refractivity contribution is 6.32. The van der Waals surface area contributed by atoms with Gasteiger partial charge in [-0.3, -0.25) is 4.79 Å². The van der Waals surface area contributed by atoms with Crippen molar-refractivity contribution in [1.82, 2.24) is 9.88 Å². The van der Waals surface area contributed by atoms with Crippen molar-refractivity contribution in [2.75, 3.05) is 13.6 Å². The van der Waals surface area contributed by atoms with Crippen LogP contribution < -0.4 is 0 Å². The molecule has 0 saturated carbocycles. The number of rotatable bonds is 2. The molecule has 2 heterocycles. The average molecular weight is 371 g/mol. The number of aliphatic hydroxyl groups is 1. The van der Waals surface area contributed by atoms with Crippen LogP contribution in [0.1, 0.15) is 36.3 Å². The number of aliphatic hydroxyl groups excluding tert-OH is 1. The van der Waals surface area contributed by atoms with E-state index in [0.717, 1.165) is 35.6 Å². The molecule has 4 atom stereocenters. The van der Waals surface area contributed by atoms with E-state index in [1.165, 1.54) is 16.5 Å². The number of nitrogens with one attached hydrogen (secondary N) is 1. The number of hydrogen-bond donors (Lipinski definition) is 2. The maximum absolute atomic E-state index is 11.6. The minimum absolute atomic E-state index is 0.148. The Kier molecular flexibility index (Phi) is 3.78. The summed E-state index contributed by atoms with van der Waals surface area (Å²) >= 11 is 6.48. The SMILES string of the molecule is CN1CC(C(O)C2=CC(=O)CC2)C[C@@H]2c3cccc4[nH]c(Cl)c(c34)C[C@H]21. The Morgan fingerprint density at radius 2 is 2.19 bits per heavy atom. The van der Waals surface area contributed by atoms with Crippen molar-refractivity contribution in [3.8, 4) is 0 Å². The van der Waals surface area contributed by atoms with Crippen LogP contribution >= 0.6 is 11.6 Å². The molecule has 136 valence electrons. The van der Waals surface area contributed by atoms with Gasteiger partial charge in [0.2, 0.25) is 0 Å². The maximum Gasteiger partial charge on any atom is 0.156 e. The number of carbonyl (C=O) groups is 1. The van der Waals surface area contributed by atoms with E-state index in [2.05, 4.69) is 35.1 Å². The number of allylic oxidation sites excluding steroid dienone is 1. The summed E-state index contributed by atoms with van der Waals surface area (Å²) in [6.07, 6.45) is 4.31. The molecule has 1 aromatic heterocycles. The molecule has 2 aromatic rings. The first-order chi connectivity index (χ1) is 12.5. The Hall–Kier alpha value is -1.62. The number of ketones is 1. The molecule has 3 aliphatic rings. The number of nitrogens with zero attached hydrogens (tertiary/aromatic N) is 1. The van der Waals surface area contributed by atoms with Crippen molar-refractivity contribution in [3.05, 3.63) is 46.1 Å². The van der Waals surface area contributed by atoms with Crippen LogP contribution in [-0.4, -0.2) is 46.5 Å². The minimum Gasteiger partial charge on any atom is -0.388 e. The van der Waals surface area contributed by atoms with Gasteiger partial charge < -0.3 is 15.0 Å². The van der Waals surface area contributed by atoms with E-state index < -0.39 is 6.10 Å². The molecule has 0 radical (unpaired) electrons. The lowest BCUT2D eigenvalue weighted by Gasteiger charge is -2.46. The molecule has 1 saturated heterocycles. The Bertz CT molecular complexity index is 931. The van der Waals surface area contributed by atoms with Crippen molar-refractivity contribution in [2.24, 2.45) is 5.92 Å². The highest BCUT2D eigenvalue weighted by Gasteiger charge is 2.42. The summed E-state index contributed by atoms with van der Waals surface area (Å²) in [6, 6.07) is 6.80. The molecule has 0 amide bonds. The number of halogens is 1. The monoisotopic (exact) mass is 370 g/mol. The number of aromatic amines is 1. The highest BCUT2D eigenvalue weighted by Crippen LogP contribution is 2.47. The second kappa shape index (κ2) is 5.95. The van der Waals surface area contributed by atoms with Crippen LogP contribution in [0.15, 0.2) is 29.8 Å². The van der Waals surface area contributed by atoms with Gasteiger partial charge >= 0.3 is 0 Å². The number of H-pyrrole nitrogens is 1. The number of likely N-dealkylation sites (tertiary alicyclic amines) is 1. The van der Waals surface area contributed by atoms with E-state index in [1.54, 1.807) is 6.08 Å². The molecule has 2 N–H and O–H groups in total. The van der Waals surface area contributed by atoms with Crippen molar-refractivity contribution >= 4 is 28.3 Å². The van der Waals surface area contributed by atoms with E-state index in [4.69, 9.17) is 11.6 Å². The summed E-state index contributed by atoms with van der Waals surface area (Å²) in [7, 11) is 2.15. The first kappa shape index (κ1) is 16.5. The molecule has 1 fully saturated rings. The quantitative estimate of drug-likeness (QED) is 0.851. The van der Waals surface area contributed by atoms with E-state index in [9.17, 15) is 9.90 Å². The van der Waals surface area contributed by atoms with E-state index >= 15 is 0 Å². The molecule has 5 rings (SSSR count). The van der Waals surface area contributed by atoms with Gasteiger partial charge in [-0.05, 0) is 55.2 Å². The van der Waals surface area contributed by atoms with Crippen molar-refractivity contribution in [2.45, 2.75) is 43.7 Å². The predicted molar refractivity (Wildman–Crippen MR) is 103 cm³/mol. The van der Waals surface area contributed by atoms with Gasteiger partial charge in [0.15, 0.2) is 5.78 Å². The molecular weight excluding hydrogens is 348 g/mol. The van der Waals surface area contributed by atoms with Crippen LogP contribution in [0.2, 0.25) is 5.15 Å². The normalized spacial score (nSPS) is 29.7. The zero-order chi connectivity index (χ0) is 18.0. The summed E-state index contributed by atoms with van der Waals surface area (Å²) < 4.78 is 0. The van der Waals surface area contributed by atoms with Gasteiger partial charge in [0.05, 0.1) is 6.10 Å². The molecule has 2 aliphatic carbocycles. The Morgan fingerprint density at radius 1 is 1.35 bits per heavy atom. The van der Waals surface area contributed by atoms with Crippen LogP contribution in [0.25, 0.3) is 10.9 Å². The Morgan fingerprint density at radius 3 is 2.96 bits per heavy atom. The van der Waals surface area contributed by atoms with Gasteiger partial charge in [0, 0.05) is 41.7 Å². The van der Waals surface area contributed by atoms with Crippen LogP contribution in [-0.2, 0) is 11.2 Å². The third-order valence-electron chi connectivity index (χ3n) is 6.66. The lowest BCUT2D eigenvalue weighted by molar-refractivity contribution is -0.114. The van der Waals surface area contributed by atoms with Gasteiger partial charge in [-0.1, -0.05) is 23.7 Å². The minimum atomic E-state index is -0.514. The van der Waals surface area contributed by atoms with Gasteiger partial charge in [0.25, 0.3) is 0 Å². The second-order valence-corrected chi connectivity index (χ2v) is 8.51. The molecule has 0 spiro atoms. The first-order valence-electron chi connectivity index (χ1n) is 9.43. The molecule has 26 heavy (non-hydrogen) atoms. The molecular formula is C21H23ClN2O2. The summed E-state index contributed by atoms with van der Waals surface area (Å²) in [5.74, 6) is 0.689. The molecule has 4 nitrogen and oxygen atoms in total. The van der Waals surface area contributed by atoms with Crippen molar-refractivity contribution < 1.29 is 9.90 Å². The summed E-state index contributed by atoms with van der Waals surface area (Å²) in [5.41, 5.74) is 4.60. The van der Waals surface area contributed by atoms with Crippen LogP contribution in [0.4, 0.5) is 0 Å². The summed E-state index contributed by atoms with van der Waals surface area (Å²) in [4.78, 5) is 17.3. The maximum atomic E-state index is 11.6. The van der Waals surface area contributed by atoms with Crippen molar-refractivity contribution in [3.63, 3.8) is 0 Å². The van der Waals surface area contributed by atoms with Crippen LogP contribution in [0.3, 0.4) is 0 Å². The molecule has 1 aliphatic heterocycles. The second-order valence-electron chi connectivity index (χ2n) is 8.13. The van der Waals surface area contributed by atoms with Gasteiger partial charge in [-0.15, -0.1) is 0 Å². The van der Waals surface area contributed by atoms with Gasteiger partial charge in [0.1, 0.15) is 5.15 Å². The fourth-order valence-corrected chi connectivity index (χ4v) is 5.68. The fourth-order valence-electron chi connectivity index (χ4n) is 5.41. The highest BCUT2D eigenvalue weighted by atomic mass is 35.5. The van der Waals surface area contributed by atoms with Gasteiger partial charge in [-0.25, -0.2) is 0 Å². The standard InChI is InChI=1S/C21H23ClN2O2/c1-24-10-12(20(26)11-5-6-13(25)7-11)8-15-14-3-2-4-17-19(14)16(9-18(15)24)21(22)23-17/h2-4,7,12,15,18,20,23,26H,5-6,8-10H2,1H3/t12?,15-,18-,20?/m1/s1. The van der Waals surface area contributed by atoms with E-state index in [1.807, 2.05) is 0 Å². The Labute approximate surface area is 157 Å². The Balaban J connectivity index is 1.52. The number of fused-ring (bicyclic) bond motifs is 2. The number of hydrogen-bond acceptors (Lipinski definition) is 3. The molecule has 2 unspecified atom stereocenters. The van der Waals surface area contributed by atoms with Crippen LogP contribution in [0.5, 0.6) is 0 Å². The largest absolute Gasteiger partial charge is 0.388 e. The third kappa shape index (κ3) is 2.39. The smallest absolute Gasteiger partial charge is 0.156 e. The third-order valence-corrected chi connectivity index (χ3v) is 6.99. The topological polar surface area (TPSA) is 56.3 Å². The first-order valence-corrected chi connectivity index (χ1v) is 9.81. The number of carbonyl (C=O) groups excluding carboxylic acids is 1.